The summed E-state index contributed by atoms with van der Waals surface area (Å²) in [5.41, 5.74) is 1.19. The van der Waals surface area contributed by atoms with Gasteiger partial charge in [0.2, 0.25) is 11.8 Å². The zero-order valence-corrected chi connectivity index (χ0v) is 18.8. The molecule has 186 valence electrons. The molecule has 0 aromatic carbocycles. The molecule has 0 unspecified atom stereocenters. The van der Waals surface area contributed by atoms with Crippen LogP contribution in [-0.4, -0.2) is 56.9 Å². The molecule has 13 heteroatoms. The van der Waals surface area contributed by atoms with Crippen molar-refractivity contribution in [1.29, 1.82) is 0 Å². The number of rotatable bonds is 6. The Morgan fingerprint density at radius 2 is 1.29 bits per heavy atom. The predicted octanol–water partition coefficient (Wildman–Crippen LogP) is -1.02. The average molecular weight is 484 g/mol. The number of anilines is 2. The van der Waals surface area contributed by atoms with Crippen molar-refractivity contribution in [2.75, 3.05) is 17.7 Å². The van der Waals surface area contributed by atoms with Gasteiger partial charge < -0.3 is 31.4 Å². The van der Waals surface area contributed by atoms with E-state index in [0.717, 1.165) is 25.7 Å². The number of hydrogen-bond donors (Lipinski definition) is 3. The summed E-state index contributed by atoms with van der Waals surface area (Å²) in [5, 5.41) is 14.1. The zero-order chi connectivity index (χ0) is 22.4. The van der Waals surface area contributed by atoms with Crippen LogP contribution in [0.4, 0.5) is 11.4 Å². The summed E-state index contributed by atoms with van der Waals surface area (Å²) in [6.07, 6.45) is 6.56. The second-order valence-corrected chi connectivity index (χ2v) is 7.18. The number of aromatic carboxylic acids is 1. The van der Waals surface area contributed by atoms with E-state index in [0.29, 0.717) is 11.4 Å². The first kappa shape index (κ1) is 33.9. The Kier molecular flexibility index (Phi) is 15.1. The molecule has 4 rings (SSSR count). The average Bonchev–Trinajstić information content (AvgIpc) is 3.66. The summed E-state index contributed by atoms with van der Waals surface area (Å²) in [5.74, 6) is -1.42. The number of carbonyl (C=O) groups excluding carboxylic acids is 3. The van der Waals surface area contributed by atoms with E-state index < -0.39 is 11.9 Å². The number of esters is 1. The molecule has 35 heavy (non-hydrogen) atoms. The normalized spacial score (nSPS) is 12.8. The van der Waals surface area contributed by atoms with Crippen LogP contribution in [0.3, 0.4) is 0 Å². The molecule has 0 spiro atoms. The third-order valence-corrected chi connectivity index (χ3v) is 4.56. The van der Waals surface area contributed by atoms with Crippen LogP contribution in [0.2, 0.25) is 0 Å². The Morgan fingerprint density at radius 1 is 0.886 bits per heavy atom. The monoisotopic (exact) mass is 484 g/mol. The SMILES string of the molecule is C.COC(=O)c1cc(NC(=O)C2CC2)ccn1.O.O=C(O)c1cc(NC(=O)C2CC2)ccn1.[Li+].[OH-]. The number of nitrogens with zero attached hydrogens (tertiary/aromatic N) is 2. The number of nitrogens with one attached hydrogen (secondary N) is 2. The van der Waals surface area contributed by atoms with Crippen LogP contribution in [0.25, 0.3) is 0 Å². The summed E-state index contributed by atoms with van der Waals surface area (Å²) >= 11 is 0. The van der Waals surface area contributed by atoms with Crippen molar-refractivity contribution in [1.82, 2.24) is 9.97 Å². The van der Waals surface area contributed by atoms with Gasteiger partial charge in [-0.1, -0.05) is 7.43 Å². The van der Waals surface area contributed by atoms with Gasteiger partial charge in [-0.05, 0) is 49.9 Å². The first-order valence-corrected chi connectivity index (χ1v) is 9.73. The van der Waals surface area contributed by atoms with Crippen LogP contribution in [0, 0.1) is 11.8 Å². The standard InChI is InChI=1S/C11H12N2O3.C10H10N2O3.CH4.Li.2H2O/c1-16-11(15)9-6-8(4-5-12-9)13-10(14)7-2-3-7;13-9(6-1-2-6)12-7-3-4-11-8(5-7)10(14)15;;;;/h4-7H,2-3H2,1H3,(H,12,13,14);3-6H,1-2H2,(H,14,15)(H,11,12,13);1H4;;2*1H2/q;;;+1;;/p-1. The van der Waals surface area contributed by atoms with Gasteiger partial charge in [0.25, 0.3) is 0 Å². The third kappa shape index (κ3) is 10.7. The number of hydrogen-bond acceptors (Lipinski definition) is 8. The number of pyridine rings is 2. The van der Waals surface area contributed by atoms with Gasteiger partial charge >= 0.3 is 30.8 Å². The van der Waals surface area contributed by atoms with E-state index in [1.165, 1.54) is 31.6 Å². The molecule has 2 aliphatic rings. The molecule has 0 bridgehead atoms. The summed E-state index contributed by atoms with van der Waals surface area (Å²) in [4.78, 5) is 52.2. The smallest absolute Gasteiger partial charge is 0.870 e. The molecule has 2 aliphatic carbocycles. The molecule has 0 radical (unpaired) electrons. The van der Waals surface area contributed by atoms with Crippen LogP contribution in [0.1, 0.15) is 54.1 Å². The van der Waals surface area contributed by atoms with Crippen LogP contribution < -0.4 is 29.5 Å². The van der Waals surface area contributed by atoms with Crippen molar-refractivity contribution in [3.63, 3.8) is 0 Å². The van der Waals surface area contributed by atoms with E-state index >= 15 is 0 Å². The molecular formula is C22H29LiN4O8. The number of ether oxygens (including phenoxy) is 1. The predicted molar refractivity (Wildman–Crippen MR) is 122 cm³/mol. The minimum absolute atomic E-state index is 0. The van der Waals surface area contributed by atoms with E-state index in [1.807, 2.05) is 0 Å². The largest absolute Gasteiger partial charge is 1.00 e. The summed E-state index contributed by atoms with van der Waals surface area (Å²) < 4.78 is 4.54. The first-order chi connectivity index (χ1) is 14.9. The molecule has 12 nitrogen and oxygen atoms in total. The van der Waals surface area contributed by atoms with Gasteiger partial charge in [-0.3, -0.25) is 9.59 Å². The molecule has 2 saturated carbocycles. The number of carboxylic acid groups (broad SMARTS) is 1. The molecule has 2 fully saturated rings. The van der Waals surface area contributed by atoms with Gasteiger partial charge in [0.15, 0.2) is 0 Å². The van der Waals surface area contributed by atoms with Crippen LogP contribution in [-0.2, 0) is 14.3 Å². The number of carboxylic acids is 1. The van der Waals surface area contributed by atoms with Crippen LogP contribution in [0.5, 0.6) is 0 Å². The second-order valence-electron chi connectivity index (χ2n) is 7.18. The molecule has 6 N–H and O–H groups in total. The van der Waals surface area contributed by atoms with Crippen LogP contribution >= 0.6 is 0 Å². The van der Waals surface area contributed by atoms with E-state index in [2.05, 4.69) is 25.3 Å². The first-order valence-electron chi connectivity index (χ1n) is 9.73. The van der Waals surface area contributed by atoms with E-state index in [4.69, 9.17) is 5.11 Å². The van der Waals surface area contributed by atoms with E-state index in [1.54, 1.807) is 12.1 Å². The maximum atomic E-state index is 11.5. The zero-order valence-electron chi connectivity index (χ0n) is 18.8. The maximum absolute atomic E-state index is 11.5. The van der Waals surface area contributed by atoms with E-state index in [9.17, 15) is 19.2 Å². The van der Waals surface area contributed by atoms with Crippen molar-refractivity contribution in [3.8, 4) is 0 Å². The Hall–Kier alpha value is -3.30. The van der Waals surface area contributed by atoms with Gasteiger partial charge in [0.1, 0.15) is 11.4 Å². The summed E-state index contributed by atoms with van der Waals surface area (Å²) in [6, 6.07) is 6.08. The van der Waals surface area contributed by atoms with Gasteiger partial charge in [-0.15, -0.1) is 0 Å². The molecular weight excluding hydrogens is 455 g/mol. The molecule has 0 saturated heterocycles. The van der Waals surface area contributed by atoms with Crippen molar-refractivity contribution in [3.05, 3.63) is 48.0 Å². The molecule has 0 atom stereocenters. The van der Waals surface area contributed by atoms with Gasteiger partial charge in [0.05, 0.1) is 7.11 Å². The van der Waals surface area contributed by atoms with Crippen molar-refractivity contribution in [2.24, 2.45) is 11.8 Å². The number of methoxy groups -OCH3 is 1. The Balaban J connectivity index is 0. The fraction of sp³-hybridized carbons (Fsp3) is 0.364. The van der Waals surface area contributed by atoms with Crippen molar-refractivity contribution >= 4 is 35.1 Å². The molecule has 2 amide bonds. The molecule has 0 aliphatic heterocycles. The summed E-state index contributed by atoms with van der Waals surface area (Å²) in [6.45, 7) is 0. The molecule has 2 aromatic heterocycles. The second kappa shape index (κ2) is 15.6. The quantitative estimate of drug-likeness (QED) is 0.338. The minimum atomic E-state index is -1.10. The number of amides is 2. The van der Waals surface area contributed by atoms with Crippen LogP contribution in [0.15, 0.2) is 36.7 Å². The van der Waals surface area contributed by atoms with E-state index in [-0.39, 0.29) is 72.3 Å². The number of carbonyl (C=O) groups is 4. The van der Waals surface area contributed by atoms with Gasteiger partial charge in [-0.2, -0.15) is 0 Å². The fourth-order valence-corrected chi connectivity index (χ4v) is 2.53. The minimum Gasteiger partial charge on any atom is -0.870 e. The molecule has 2 heterocycles. The summed E-state index contributed by atoms with van der Waals surface area (Å²) in [7, 11) is 1.29. The van der Waals surface area contributed by atoms with Gasteiger partial charge in [0, 0.05) is 35.6 Å². The maximum Gasteiger partial charge on any atom is 1.00 e. The number of aromatic nitrogens is 2. The Bertz CT molecular complexity index is 1010. The fourth-order valence-electron chi connectivity index (χ4n) is 2.53. The van der Waals surface area contributed by atoms with Crippen molar-refractivity contribution in [2.45, 2.75) is 33.1 Å². The molecule has 2 aromatic rings. The Morgan fingerprint density at radius 3 is 1.66 bits per heavy atom. The van der Waals surface area contributed by atoms with Gasteiger partial charge in [-0.25, -0.2) is 19.6 Å². The topological polar surface area (TPSA) is 209 Å². The van der Waals surface area contributed by atoms with Crippen molar-refractivity contribution < 1.29 is 58.8 Å². The Labute approximate surface area is 214 Å². The third-order valence-electron chi connectivity index (χ3n) is 4.56.